The molecule has 1 aliphatic carbocycles. The monoisotopic (exact) mass is 168 g/mol. The van der Waals surface area contributed by atoms with Crippen LogP contribution >= 0.6 is 0 Å². The molecule has 1 heteroatoms. The molecule has 0 radical (unpaired) electrons. The highest BCUT2D eigenvalue weighted by Crippen LogP contribution is 2.58. The van der Waals surface area contributed by atoms with Gasteiger partial charge in [-0.3, -0.25) is 0 Å². The van der Waals surface area contributed by atoms with E-state index in [1.54, 1.807) is 0 Å². The summed E-state index contributed by atoms with van der Waals surface area (Å²) >= 11 is 0. The predicted molar refractivity (Wildman–Crippen MR) is 50.1 cm³/mol. The lowest BCUT2D eigenvalue weighted by molar-refractivity contribution is -0.149. The molecule has 0 amide bonds. The van der Waals surface area contributed by atoms with Crippen LogP contribution in [0.25, 0.3) is 0 Å². The lowest BCUT2D eigenvalue weighted by Gasteiger charge is -2.54. The number of hydrogen-bond donors (Lipinski definition) is 0. The van der Waals surface area contributed by atoms with Crippen LogP contribution in [-0.2, 0) is 4.74 Å². The van der Waals surface area contributed by atoms with Crippen molar-refractivity contribution in [2.75, 3.05) is 6.61 Å². The van der Waals surface area contributed by atoms with Crippen LogP contribution in [0.4, 0.5) is 0 Å². The van der Waals surface area contributed by atoms with E-state index in [1.165, 1.54) is 25.7 Å². The van der Waals surface area contributed by atoms with Crippen molar-refractivity contribution < 1.29 is 4.74 Å². The smallest absolute Gasteiger partial charge is 0.0694 e. The first-order valence-electron chi connectivity index (χ1n) is 5.20. The molecule has 2 fully saturated rings. The molecule has 0 atom stereocenters. The molecule has 1 spiro atoms. The van der Waals surface area contributed by atoms with Gasteiger partial charge in [-0.2, -0.15) is 0 Å². The molecule has 2 rings (SSSR count). The minimum absolute atomic E-state index is 0.332. The molecule has 12 heavy (non-hydrogen) atoms. The van der Waals surface area contributed by atoms with Crippen molar-refractivity contribution in [1.82, 2.24) is 0 Å². The van der Waals surface area contributed by atoms with Crippen LogP contribution < -0.4 is 0 Å². The van der Waals surface area contributed by atoms with Gasteiger partial charge in [0.15, 0.2) is 0 Å². The summed E-state index contributed by atoms with van der Waals surface area (Å²) in [5.41, 5.74) is 0.906. The maximum atomic E-state index is 5.82. The third kappa shape index (κ3) is 1.10. The van der Waals surface area contributed by atoms with Crippen LogP contribution in [0, 0.1) is 11.3 Å². The first-order chi connectivity index (χ1) is 5.56. The van der Waals surface area contributed by atoms with E-state index in [9.17, 15) is 0 Å². The molecule has 1 saturated heterocycles. The summed E-state index contributed by atoms with van der Waals surface area (Å²) in [6.45, 7) is 8.09. The second kappa shape index (κ2) is 2.47. The molecule has 0 aromatic heterocycles. The first-order valence-corrected chi connectivity index (χ1v) is 5.20. The van der Waals surface area contributed by atoms with Gasteiger partial charge in [0.2, 0.25) is 0 Å². The van der Waals surface area contributed by atoms with Crippen molar-refractivity contribution >= 4 is 0 Å². The second-order valence-electron chi connectivity index (χ2n) is 5.30. The zero-order valence-corrected chi connectivity index (χ0v) is 8.52. The molecule has 1 saturated carbocycles. The highest BCUT2D eigenvalue weighted by molar-refractivity contribution is 5.05. The minimum Gasteiger partial charge on any atom is -0.375 e. The average Bonchev–Trinajstić information content (AvgIpc) is 2.34. The molecule has 0 unspecified atom stereocenters. The lowest BCUT2D eigenvalue weighted by atomic mass is 9.55. The van der Waals surface area contributed by atoms with Crippen LogP contribution in [0.15, 0.2) is 0 Å². The molecule has 0 aromatic rings. The SMILES string of the molecule is CC(C)C1(C)CC2(CCCO2)C1. The summed E-state index contributed by atoms with van der Waals surface area (Å²) in [7, 11) is 0. The number of ether oxygens (including phenoxy) is 1. The molecule has 1 nitrogen and oxygen atoms in total. The van der Waals surface area contributed by atoms with E-state index in [0.717, 1.165) is 12.5 Å². The largest absolute Gasteiger partial charge is 0.375 e. The predicted octanol–water partition coefficient (Wildman–Crippen LogP) is 2.99. The number of rotatable bonds is 1. The van der Waals surface area contributed by atoms with E-state index in [4.69, 9.17) is 4.74 Å². The fourth-order valence-corrected chi connectivity index (χ4v) is 2.86. The molecular formula is C11H20O. The van der Waals surface area contributed by atoms with E-state index in [1.807, 2.05) is 0 Å². The van der Waals surface area contributed by atoms with E-state index < -0.39 is 0 Å². The summed E-state index contributed by atoms with van der Waals surface area (Å²) in [6, 6.07) is 0. The van der Waals surface area contributed by atoms with Gasteiger partial charge in [-0.15, -0.1) is 0 Å². The van der Waals surface area contributed by atoms with Gasteiger partial charge in [0.1, 0.15) is 0 Å². The molecule has 0 N–H and O–H groups in total. The summed E-state index contributed by atoms with van der Waals surface area (Å²) in [5, 5.41) is 0. The highest BCUT2D eigenvalue weighted by atomic mass is 16.5. The Morgan fingerprint density at radius 3 is 2.33 bits per heavy atom. The topological polar surface area (TPSA) is 9.23 Å². The summed E-state index contributed by atoms with van der Waals surface area (Å²) in [5.74, 6) is 0.812. The molecule has 0 bridgehead atoms. The van der Waals surface area contributed by atoms with E-state index >= 15 is 0 Å². The van der Waals surface area contributed by atoms with E-state index in [0.29, 0.717) is 11.0 Å². The Hall–Kier alpha value is -0.0400. The molecular weight excluding hydrogens is 148 g/mol. The van der Waals surface area contributed by atoms with Gasteiger partial charge in [0, 0.05) is 6.61 Å². The Morgan fingerprint density at radius 2 is 1.92 bits per heavy atom. The van der Waals surface area contributed by atoms with Crippen molar-refractivity contribution in [3.63, 3.8) is 0 Å². The van der Waals surface area contributed by atoms with Crippen LogP contribution in [0.2, 0.25) is 0 Å². The standard InChI is InChI=1S/C11H20O/c1-9(2)10(3)7-11(8-10)5-4-6-12-11/h9H,4-8H2,1-3H3. The minimum atomic E-state index is 0.332. The maximum absolute atomic E-state index is 5.82. The van der Waals surface area contributed by atoms with Crippen molar-refractivity contribution in [2.45, 2.75) is 52.1 Å². The van der Waals surface area contributed by atoms with Gasteiger partial charge in [-0.05, 0) is 37.0 Å². The normalized spacial score (nSPS) is 47.0. The van der Waals surface area contributed by atoms with E-state index in [-0.39, 0.29) is 0 Å². The van der Waals surface area contributed by atoms with Gasteiger partial charge in [-0.1, -0.05) is 20.8 Å². The van der Waals surface area contributed by atoms with E-state index in [2.05, 4.69) is 20.8 Å². The van der Waals surface area contributed by atoms with Crippen molar-refractivity contribution in [3.8, 4) is 0 Å². The Morgan fingerprint density at radius 1 is 1.25 bits per heavy atom. The number of hydrogen-bond acceptors (Lipinski definition) is 1. The zero-order chi connectivity index (χ0) is 8.82. The average molecular weight is 168 g/mol. The Balaban J connectivity index is 1.97. The fraction of sp³-hybridized carbons (Fsp3) is 1.00. The highest BCUT2D eigenvalue weighted by Gasteiger charge is 2.55. The van der Waals surface area contributed by atoms with Gasteiger partial charge >= 0.3 is 0 Å². The third-order valence-corrected chi connectivity index (χ3v) is 4.03. The lowest BCUT2D eigenvalue weighted by Crippen LogP contribution is -2.52. The van der Waals surface area contributed by atoms with Crippen LogP contribution in [-0.4, -0.2) is 12.2 Å². The van der Waals surface area contributed by atoms with Crippen molar-refractivity contribution in [2.24, 2.45) is 11.3 Å². The molecule has 1 heterocycles. The van der Waals surface area contributed by atoms with Crippen molar-refractivity contribution in [1.29, 1.82) is 0 Å². The van der Waals surface area contributed by atoms with Crippen LogP contribution in [0.5, 0.6) is 0 Å². The van der Waals surface area contributed by atoms with Crippen LogP contribution in [0.3, 0.4) is 0 Å². The molecule has 1 aliphatic heterocycles. The van der Waals surface area contributed by atoms with Gasteiger partial charge in [-0.25, -0.2) is 0 Å². The second-order valence-corrected chi connectivity index (χ2v) is 5.30. The Kier molecular flexibility index (Phi) is 1.76. The molecule has 2 aliphatic rings. The third-order valence-electron chi connectivity index (χ3n) is 4.03. The maximum Gasteiger partial charge on any atom is 0.0694 e. The van der Waals surface area contributed by atoms with Crippen LogP contribution in [0.1, 0.15) is 46.5 Å². The molecule has 70 valence electrons. The summed E-state index contributed by atoms with van der Waals surface area (Å²) in [4.78, 5) is 0. The summed E-state index contributed by atoms with van der Waals surface area (Å²) < 4.78 is 5.82. The fourth-order valence-electron chi connectivity index (χ4n) is 2.86. The summed E-state index contributed by atoms with van der Waals surface area (Å²) in [6.07, 6.45) is 5.21. The quantitative estimate of drug-likeness (QED) is 0.585. The van der Waals surface area contributed by atoms with Gasteiger partial charge in [0.25, 0.3) is 0 Å². The van der Waals surface area contributed by atoms with Crippen molar-refractivity contribution in [3.05, 3.63) is 0 Å². The van der Waals surface area contributed by atoms with Gasteiger partial charge in [0.05, 0.1) is 5.60 Å². The first kappa shape index (κ1) is 8.55. The molecule has 0 aromatic carbocycles. The zero-order valence-electron chi connectivity index (χ0n) is 8.52. The Bertz CT molecular complexity index is 167. The van der Waals surface area contributed by atoms with Gasteiger partial charge < -0.3 is 4.74 Å². The Labute approximate surface area is 75.5 Å².